The molecule has 112 valence electrons. The molecule has 7 heteroatoms. The van der Waals surface area contributed by atoms with E-state index in [0.29, 0.717) is 6.04 Å². The summed E-state index contributed by atoms with van der Waals surface area (Å²) in [6, 6.07) is 4.61. The number of hydrogen-bond donors (Lipinski definition) is 1. The molecular formula is C13H19Cl2N3OS. The fourth-order valence-electron chi connectivity index (χ4n) is 2.22. The first-order valence-electron chi connectivity index (χ1n) is 6.26. The molecule has 0 amide bonds. The van der Waals surface area contributed by atoms with Gasteiger partial charge in [0, 0.05) is 32.2 Å². The van der Waals surface area contributed by atoms with Gasteiger partial charge in [-0.05, 0) is 18.4 Å². The molecule has 0 saturated carbocycles. The minimum atomic E-state index is 0. The van der Waals surface area contributed by atoms with Gasteiger partial charge in [-0.25, -0.2) is 4.98 Å². The van der Waals surface area contributed by atoms with Gasteiger partial charge in [-0.2, -0.15) is 0 Å². The molecule has 2 aromatic rings. The lowest BCUT2D eigenvalue weighted by molar-refractivity contribution is 0.163. The molecule has 0 aliphatic carbocycles. The third-order valence-electron chi connectivity index (χ3n) is 3.29. The maximum absolute atomic E-state index is 5.54. The lowest BCUT2D eigenvalue weighted by Gasteiger charge is -2.33. The summed E-state index contributed by atoms with van der Waals surface area (Å²) in [5, 5.41) is 5.43. The van der Waals surface area contributed by atoms with Crippen molar-refractivity contribution in [1.82, 2.24) is 15.2 Å². The number of halogens is 2. The van der Waals surface area contributed by atoms with Gasteiger partial charge in [-0.3, -0.25) is 4.90 Å². The topological polar surface area (TPSA) is 41.3 Å². The van der Waals surface area contributed by atoms with Crippen LogP contribution in [0.5, 0.6) is 0 Å². The van der Waals surface area contributed by atoms with Crippen LogP contribution >= 0.6 is 36.2 Å². The first kappa shape index (κ1) is 17.5. The minimum Gasteiger partial charge on any atom is -0.444 e. The molecule has 0 aromatic carbocycles. The van der Waals surface area contributed by atoms with E-state index in [1.165, 1.54) is 0 Å². The zero-order valence-corrected chi connectivity index (χ0v) is 13.7. The molecule has 0 radical (unpaired) electrons. The fraction of sp³-hybridized carbons (Fsp3) is 0.462. The summed E-state index contributed by atoms with van der Waals surface area (Å²) >= 11 is 1.66. The number of nitrogens with zero attached hydrogens (tertiary/aromatic N) is 2. The SMILES string of the molecule is C[C@H]1CNCCN1Cc1coc(-c2cccs2)n1.Cl.Cl. The molecule has 1 aliphatic heterocycles. The van der Waals surface area contributed by atoms with Crippen LogP contribution in [0, 0.1) is 0 Å². The highest BCUT2D eigenvalue weighted by molar-refractivity contribution is 7.13. The van der Waals surface area contributed by atoms with E-state index < -0.39 is 0 Å². The molecule has 1 fully saturated rings. The second kappa shape index (κ2) is 8.00. The predicted octanol–water partition coefficient (Wildman–Crippen LogP) is 3.04. The van der Waals surface area contributed by atoms with E-state index in [1.807, 2.05) is 17.5 Å². The lowest BCUT2D eigenvalue weighted by Crippen LogP contribution is -2.49. The second-order valence-electron chi connectivity index (χ2n) is 4.64. The summed E-state index contributed by atoms with van der Waals surface area (Å²) in [6.07, 6.45) is 1.78. The quantitative estimate of drug-likeness (QED) is 0.935. The minimum absolute atomic E-state index is 0. The molecule has 0 spiro atoms. The molecule has 1 N–H and O–H groups in total. The van der Waals surface area contributed by atoms with E-state index in [9.17, 15) is 0 Å². The Morgan fingerprint density at radius 3 is 3.05 bits per heavy atom. The summed E-state index contributed by atoms with van der Waals surface area (Å²) in [6.45, 7) is 6.29. The van der Waals surface area contributed by atoms with Crippen LogP contribution in [0.3, 0.4) is 0 Å². The Labute approximate surface area is 135 Å². The monoisotopic (exact) mass is 335 g/mol. The van der Waals surface area contributed by atoms with Crippen molar-refractivity contribution in [3.05, 3.63) is 29.5 Å². The van der Waals surface area contributed by atoms with Gasteiger partial charge >= 0.3 is 0 Å². The van der Waals surface area contributed by atoms with Crippen LogP contribution in [0.4, 0.5) is 0 Å². The number of aromatic nitrogens is 1. The highest BCUT2D eigenvalue weighted by Gasteiger charge is 2.19. The van der Waals surface area contributed by atoms with Crippen LogP contribution in [0.25, 0.3) is 10.8 Å². The molecule has 1 atom stereocenters. The predicted molar refractivity (Wildman–Crippen MR) is 87.1 cm³/mol. The molecule has 20 heavy (non-hydrogen) atoms. The van der Waals surface area contributed by atoms with Gasteiger partial charge in [0.15, 0.2) is 0 Å². The van der Waals surface area contributed by atoms with Gasteiger partial charge in [0.25, 0.3) is 0 Å². The van der Waals surface area contributed by atoms with E-state index in [1.54, 1.807) is 17.6 Å². The maximum Gasteiger partial charge on any atom is 0.236 e. The number of thiophene rings is 1. The molecule has 2 aromatic heterocycles. The van der Waals surface area contributed by atoms with Crippen molar-refractivity contribution in [3.8, 4) is 10.8 Å². The van der Waals surface area contributed by atoms with Gasteiger partial charge in [0.1, 0.15) is 6.26 Å². The standard InChI is InChI=1S/C13H17N3OS.2ClH/c1-10-7-14-4-5-16(10)8-11-9-17-13(15-11)12-3-2-6-18-12;;/h2-3,6,9-10,14H,4-5,7-8H2,1H3;2*1H/t10-;;/m0../s1. The second-order valence-corrected chi connectivity index (χ2v) is 5.59. The summed E-state index contributed by atoms with van der Waals surface area (Å²) in [5.41, 5.74) is 1.02. The van der Waals surface area contributed by atoms with E-state index in [2.05, 4.69) is 22.1 Å². The van der Waals surface area contributed by atoms with E-state index in [0.717, 1.165) is 42.6 Å². The Hall–Kier alpha value is -0.590. The van der Waals surface area contributed by atoms with Crippen molar-refractivity contribution in [2.24, 2.45) is 0 Å². The van der Waals surface area contributed by atoms with Crippen LogP contribution in [0.15, 0.2) is 28.2 Å². The Bertz CT molecular complexity index is 503. The van der Waals surface area contributed by atoms with Crippen LogP contribution < -0.4 is 5.32 Å². The average molecular weight is 336 g/mol. The van der Waals surface area contributed by atoms with E-state index >= 15 is 0 Å². The Morgan fingerprint density at radius 1 is 1.50 bits per heavy atom. The van der Waals surface area contributed by atoms with Crippen molar-refractivity contribution in [3.63, 3.8) is 0 Å². The summed E-state index contributed by atoms with van der Waals surface area (Å²) in [5.74, 6) is 0.739. The first-order valence-corrected chi connectivity index (χ1v) is 7.14. The van der Waals surface area contributed by atoms with Crippen molar-refractivity contribution in [1.29, 1.82) is 0 Å². The third-order valence-corrected chi connectivity index (χ3v) is 4.15. The molecule has 4 nitrogen and oxygen atoms in total. The fourth-order valence-corrected chi connectivity index (χ4v) is 2.87. The Morgan fingerprint density at radius 2 is 2.35 bits per heavy atom. The maximum atomic E-state index is 5.54. The van der Waals surface area contributed by atoms with Gasteiger partial charge in [0.05, 0.1) is 10.6 Å². The highest BCUT2D eigenvalue weighted by Crippen LogP contribution is 2.24. The Kier molecular flexibility index (Phi) is 6.99. The largest absolute Gasteiger partial charge is 0.444 e. The molecule has 0 unspecified atom stereocenters. The zero-order chi connectivity index (χ0) is 12.4. The number of nitrogens with one attached hydrogen (secondary N) is 1. The smallest absolute Gasteiger partial charge is 0.236 e. The van der Waals surface area contributed by atoms with Gasteiger partial charge in [-0.15, -0.1) is 36.2 Å². The lowest BCUT2D eigenvalue weighted by atomic mass is 10.2. The van der Waals surface area contributed by atoms with Crippen molar-refractivity contribution in [2.45, 2.75) is 19.5 Å². The average Bonchev–Trinajstić information content (AvgIpc) is 3.02. The molecule has 1 aliphatic rings. The molecule has 3 heterocycles. The summed E-state index contributed by atoms with van der Waals surface area (Å²) in [4.78, 5) is 8.09. The van der Waals surface area contributed by atoms with Crippen LogP contribution in [0.1, 0.15) is 12.6 Å². The molecule has 1 saturated heterocycles. The van der Waals surface area contributed by atoms with E-state index in [-0.39, 0.29) is 24.8 Å². The van der Waals surface area contributed by atoms with Gasteiger partial charge < -0.3 is 9.73 Å². The van der Waals surface area contributed by atoms with Gasteiger partial charge in [0.2, 0.25) is 5.89 Å². The van der Waals surface area contributed by atoms with E-state index in [4.69, 9.17) is 4.42 Å². The first-order chi connectivity index (χ1) is 8.83. The van der Waals surface area contributed by atoms with Crippen LogP contribution in [-0.2, 0) is 6.54 Å². The van der Waals surface area contributed by atoms with Gasteiger partial charge in [-0.1, -0.05) is 6.07 Å². The number of piperazine rings is 1. The zero-order valence-electron chi connectivity index (χ0n) is 11.2. The normalized spacial score (nSPS) is 19.1. The molecule has 0 bridgehead atoms. The summed E-state index contributed by atoms with van der Waals surface area (Å²) < 4.78 is 5.54. The van der Waals surface area contributed by atoms with Crippen LogP contribution in [0.2, 0.25) is 0 Å². The third kappa shape index (κ3) is 3.96. The van der Waals surface area contributed by atoms with Crippen molar-refractivity contribution in [2.75, 3.05) is 19.6 Å². The molecular weight excluding hydrogens is 317 g/mol. The summed E-state index contributed by atoms with van der Waals surface area (Å²) in [7, 11) is 0. The molecule has 3 rings (SSSR count). The highest BCUT2D eigenvalue weighted by atomic mass is 35.5. The van der Waals surface area contributed by atoms with Crippen molar-refractivity contribution >= 4 is 36.2 Å². The Balaban J connectivity index is 0.000001000. The number of oxazole rings is 1. The number of hydrogen-bond acceptors (Lipinski definition) is 5. The van der Waals surface area contributed by atoms with Crippen LogP contribution in [-0.4, -0.2) is 35.6 Å². The van der Waals surface area contributed by atoms with Crippen molar-refractivity contribution < 1.29 is 4.42 Å². The number of rotatable bonds is 3.